The average molecular weight is 348 g/mol. The molecule has 1 saturated carbocycles. The summed E-state index contributed by atoms with van der Waals surface area (Å²) in [5, 5.41) is 10.8. The first-order valence-corrected chi connectivity index (χ1v) is 8.80. The average Bonchev–Trinajstić information content (AvgIpc) is 2.82. The van der Waals surface area contributed by atoms with Gasteiger partial charge < -0.3 is 0 Å². The van der Waals surface area contributed by atoms with Crippen LogP contribution in [0.3, 0.4) is 0 Å². The molecule has 1 heterocycles. The first-order chi connectivity index (χ1) is 11.1. The number of carbonyl (C=O) groups excluding carboxylic acids is 1. The minimum absolute atomic E-state index is 0.0153. The van der Waals surface area contributed by atoms with Crippen LogP contribution in [0.25, 0.3) is 6.08 Å². The maximum atomic E-state index is 12.7. The molecule has 23 heavy (non-hydrogen) atoms. The highest BCUT2D eigenvalue weighted by Gasteiger charge is 2.37. The summed E-state index contributed by atoms with van der Waals surface area (Å²) in [5.74, 6) is -0.0709. The lowest BCUT2D eigenvalue weighted by Crippen LogP contribution is -2.39. The second kappa shape index (κ2) is 6.80. The van der Waals surface area contributed by atoms with E-state index >= 15 is 0 Å². The third-order valence-electron chi connectivity index (χ3n) is 4.14. The van der Waals surface area contributed by atoms with Crippen molar-refractivity contribution in [2.75, 3.05) is 0 Å². The van der Waals surface area contributed by atoms with Crippen LogP contribution >= 0.6 is 24.0 Å². The van der Waals surface area contributed by atoms with Gasteiger partial charge >= 0.3 is 0 Å². The van der Waals surface area contributed by atoms with E-state index in [1.807, 2.05) is 0 Å². The van der Waals surface area contributed by atoms with Gasteiger partial charge in [0.2, 0.25) is 0 Å². The predicted octanol–water partition coefficient (Wildman–Crippen LogP) is 4.13. The van der Waals surface area contributed by atoms with Crippen molar-refractivity contribution in [3.63, 3.8) is 0 Å². The zero-order valence-corrected chi connectivity index (χ0v) is 14.1. The van der Waals surface area contributed by atoms with Crippen molar-refractivity contribution in [1.29, 1.82) is 0 Å². The molecule has 120 valence electrons. The molecular weight excluding hydrogens is 332 g/mol. The minimum atomic E-state index is -0.440. The minimum Gasteiger partial charge on any atom is -0.290 e. The van der Waals surface area contributed by atoms with Gasteiger partial charge in [-0.2, -0.15) is 0 Å². The van der Waals surface area contributed by atoms with E-state index in [0.717, 1.165) is 25.7 Å². The molecule has 0 bridgehead atoms. The Bertz CT molecular complexity index is 696. The Morgan fingerprint density at radius 1 is 1.30 bits per heavy atom. The molecule has 0 unspecified atom stereocenters. The van der Waals surface area contributed by atoms with Crippen LogP contribution in [-0.2, 0) is 4.79 Å². The molecule has 1 aromatic rings. The van der Waals surface area contributed by atoms with Gasteiger partial charge in [-0.3, -0.25) is 19.8 Å². The molecule has 7 heteroatoms. The quantitative estimate of drug-likeness (QED) is 0.356. The van der Waals surface area contributed by atoms with E-state index < -0.39 is 4.92 Å². The van der Waals surface area contributed by atoms with Gasteiger partial charge in [0.1, 0.15) is 4.32 Å². The van der Waals surface area contributed by atoms with Gasteiger partial charge in [0.25, 0.3) is 11.6 Å². The zero-order valence-electron chi connectivity index (χ0n) is 12.4. The number of amides is 1. The molecule has 0 N–H and O–H groups in total. The van der Waals surface area contributed by atoms with Crippen molar-refractivity contribution < 1.29 is 9.72 Å². The maximum Gasteiger partial charge on any atom is 0.270 e. The van der Waals surface area contributed by atoms with Crippen molar-refractivity contribution in [2.45, 2.75) is 38.1 Å². The molecule has 0 atom stereocenters. The first-order valence-electron chi connectivity index (χ1n) is 7.58. The van der Waals surface area contributed by atoms with Crippen LogP contribution in [0.2, 0.25) is 0 Å². The normalized spacial score (nSPS) is 21.2. The molecule has 2 aliphatic rings. The van der Waals surface area contributed by atoms with E-state index in [9.17, 15) is 14.9 Å². The number of thiocarbonyl (C=S) groups is 1. The molecule has 1 saturated heterocycles. The molecule has 1 aromatic carbocycles. The Morgan fingerprint density at radius 3 is 2.74 bits per heavy atom. The summed E-state index contributed by atoms with van der Waals surface area (Å²) in [5.41, 5.74) is 0.657. The highest BCUT2D eigenvalue weighted by Crippen LogP contribution is 2.37. The lowest BCUT2D eigenvalue weighted by molar-refractivity contribution is -0.384. The number of non-ortho nitro benzene ring substituents is 1. The van der Waals surface area contributed by atoms with Crippen LogP contribution in [0.15, 0.2) is 29.2 Å². The standard InChI is InChI=1S/C16H16N2O3S2/c19-15-14(10-11-5-4-8-13(9-11)18(20)21)23-16(22)17(15)12-6-2-1-3-7-12/h4-5,8-10,12H,1-3,6-7H2/b14-10-. The van der Waals surface area contributed by atoms with E-state index in [2.05, 4.69) is 0 Å². The summed E-state index contributed by atoms with van der Waals surface area (Å²) in [6, 6.07) is 6.47. The third-order valence-corrected chi connectivity index (χ3v) is 5.47. The molecule has 0 radical (unpaired) electrons. The molecule has 1 aliphatic carbocycles. The lowest BCUT2D eigenvalue weighted by Gasteiger charge is -2.29. The maximum absolute atomic E-state index is 12.7. The van der Waals surface area contributed by atoms with Crippen LogP contribution < -0.4 is 0 Å². The molecule has 2 fully saturated rings. The molecule has 1 amide bonds. The summed E-state index contributed by atoms with van der Waals surface area (Å²) in [7, 11) is 0. The number of thioether (sulfide) groups is 1. The third kappa shape index (κ3) is 3.45. The smallest absolute Gasteiger partial charge is 0.270 e. The van der Waals surface area contributed by atoms with Gasteiger partial charge in [-0.25, -0.2) is 0 Å². The van der Waals surface area contributed by atoms with Crippen molar-refractivity contribution >= 4 is 46.0 Å². The summed E-state index contributed by atoms with van der Waals surface area (Å²) in [6.45, 7) is 0. The molecule has 1 aliphatic heterocycles. The van der Waals surface area contributed by atoms with Crippen LogP contribution in [0.1, 0.15) is 37.7 Å². The molecule has 0 aromatic heterocycles. The summed E-state index contributed by atoms with van der Waals surface area (Å²) < 4.78 is 0.596. The second-order valence-corrected chi connectivity index (χ2v) is 7.37. The first kappa shape index (κ1) is 16.1. The van der Waals surface area contributed by atoms with Crippen LogP contribution in [0.4, 0.5) is 5.69 Å². The number of nitrogens with zero attached hydrogens (tertiary/aromatic N) is 2. The predicted molar refractivity (Wildman–Crippen MR) is 95.0 cm³/mol. The highest BCUT2D eigenvalue weighted by atomic mass is 32.2. The Kier molecular flexibility index (Phi) is 4.77. The summed E-state index contributed by atoms with van der Waals surface area (Å²) in [4.78, 5) is 25.3. The van der Waals surface area contributed by atoms with Crippen molar-refractivity contribution in [3.8, 4) is 0 Å². The molecule has 0 spiro atoms. The van der Waals surface area contributed by atoms with Gasteiger partial charge in [-0.05, 0) is 24.5 Å². The zero-order chi connectivity index (χ0) is 16.4. The van der Waals surface area contributed by atoms with Gasteiger partial charge in [-0.15, -0.1) is 0 Å². The Hall–Kier alpha value is -1.73. The topological polar surface area (TPSA) is 63.4 Å². The fraction of sp³-hybridized carbons (Fsp3) is 0.375. The molecule has 3 rings (SSSR count). The number of rotatable bonds is 3. The van der Waals surface area contributed by atoms with Crippen LogP contribution in [0, 0.1) is 10.1 Å². The van der Waals surface area contributed by atoms with Gasteiger partial charge in [0.15, 0.2) is 0 Å². The largest absolute Gasteiger partial charge is 0.290 e. The summed E-state index contributed by atoms with van der Waals surface area (Å²) in [6.07, 6.45) is 7.16. The van der Waals surface area contributed by atoms with Crippen molar-refractivity contribution in [3.05, 3.63) is 44.8 Å². The Morgan fingerprint density at radius 2 is 2.04 bits per heavy atom. The van der Waals surface area contributed by atoms with Crippen molar-refractivity contribution in [2.24, 2.45) is 0 Å². The number of hydrogen-bond acceptors (Lipinski definition) is 5. The number of nitro groups is 1. The van der Waals surface area contributed by atoms with E-state index in [1.165, 1.54) is 30.3 Å². The van der Waals surface area contributed by atoms with Gasteiger partial charge in [0, 0.05) is 18.2 Å². The molecular formula is C16H16N2O3S2. The van der Waals surface area contributed by atoms with Crippen LogP contribution in [-0.4, -0.2) is 26.1 Å². The monoisotopic (exact) mass is 348 g/mol. The Balaban J connectivity index is 1.83. The van der Waals surface area contributed by atoms with Gasteiger partial charge in [-0.1, -0.05) is 55.4 Å². The van der Waals surface area contributed by atoms with E-state index in [-0.39, 0.29) is 17.6 Å². The number of nitro benzene ring substituents is 1. The van der Waals surface area contributed by atoms with E-state index in [0.29, 0.717) is 14.8 Å². The number of carbonyl (C=O) groups is 1. The van der Waals surface area contributed by atoms with Gasteiger partial charge in [0.05, 0.1) is 9.83 Å². The van der Waals surface area contributed by atoms with Crippen LogP contribution in [0.5, 0.6) is 0 Å². The van der Waals surface area contributed by atoms with E-state index in [1.54, 1.807) is 23.1 Å². The molecule has 5 nitrogen and oxygen atoms in total. The van der Waals surface area contributed by atoms with E-state index in [4.69, 9.17) is 12.2 Å². The number of benzene rings is 1. The highest BCUT2D eigenvalue weighted by molar-refractivity contribution is 8.26. The second-order valence-electron chi connectivity index (χ2n) is 5.70. The lowest BCUT2D eigenvalue weighted by atomic mass is 9.94. The summed E-state index contributed by atoms with van der Waals surface area (Å²) >= 11 is 6.66. The Labute approximate surface area is 143 Å². The number of hydrogen-bond donors (Lipinski definition) is 0. The SMILES string of the molecule is O=C1/C(=C/c2cccc([N+](=O)[O-])c2)SC(=S)N1C1CCCCC1. The fourth-order valence-electron chi connectivity index (χ4n) is 3.01. The van der Waals surface area contributed by atoms with Crippen molar-refractivity contribution in [1.82, 2.24) is 4.90 Å². The fourth-order valence-corrected chi connectivity index (χ4v) is 4.41.